The van der Waals surface area contributed by atoms with E-state index in [4.69, 9.17) is 11.6 Å². The molecule has 5 heteroatoms. The van der Waals surface area contributed by atoms with E-state index in [1.165, 1.54) is 18.2 Å². The van der Waals surface area contributed by atoms with E-state index in [0.717, 1.165) is 24.6 Å². The lowest BCUT2D eigenvalue weighted by Crippen LogP contribution is -2.29. The minimum atomic E-state index is -0.239. The molecule has 0 fully saturated rings. The van der Waals surface area contributed by atoms with Crippen LogP contribution in [0.5, 0.6) is 5.75 Å². The molecule has 2 N–H and O–H groups in total. The van der Waals surface area contributed by atoms with Crippen LogP contribution in [0.15, 0.2) is 18.2 Å². The summed E-state index contributed by atoms with van der Waals surface area (Å²) in [5.41, 5.74) is 0.316. The Morgan fingerprint density at radius 3 is 2.84 bits per heavy atom. The number of carbonyl (C=O) groups is 1. The second kappa shape index (κ2) is 8.43. The van der Waals surface area contributed by atoms with Gasteiger partial charge in [-0.05, 0) is 37.0 Å². The molecule has 1 aromatic rings. The fraction of sp³-hybridized carbons (Fsp3) is 0.500. The second-order valence-corrected chi connectivity index (χ2v) is 5.71. The lowest BCUT2D eigenvalue weighted by molar-refractivity contribution is 0.0946. The van der Waals surface area contributed by atoms with Crippen LogP contribution in [0.25, 0.3) is 0 Å². The lowest BCUT2D eigenvalue weighted by atomic mass is 10.0. The van der Waals surface area contributed by atoms with E-state index in [9.17, 15) is 9.90 Å². The SMILES string of the molecule is CCCC(CCBr)CNC(=O)c1cc(O)ccc1Cl. The number of halogens is 2. The van der Waals surface area contributed by atoms with E-state index >= 15 is 0 Å². The smallest absolute Gasteiger partial charge is 0.252 e. The first-order chi connectivity index (χ1) is 9.08. The Bertz CT molecular complexity index is 420. The topological polar surface area (TPSA) is 49.3 Å². The molecule has 3 nitrogen and oxygen atoms in total. The van der Waals surface area contributed by atoms with Crippen LogP contribution in [0.1, 0.15) is 36.5 Å². The summed E-state index contributed by atoms with van der Waals surface area (Å²) in [6.07, 6.45) is 3.21. The molecule has 1 unspecified atom stereocenters. The number of carbonyl (C=O) groups excluding carboxylic acids is 1. The number of amides is 1. The molecular formula is C14H19BrClNO2. The van der Waals surface area contributed by atoms with Gasteiger partial charge in [0.2, 0.25) is 0 Å². The zero-order chi connectivity index (χ0) is 14.3. The molecule has 0 spiro atoms. The van der Waals surface area contributed by atoms with Crippen molar-refractivity contribution in [2.45, 2.75) is 26.2 Å². The van der Waals surface area contributed by atoms with Crippen LogP contribution < -0.4 is 5.32 Å². The number of nitrogens with one attached hydrogen (secondary N) is 1. The van der Waals surface area contributed by atoms with Gasteiger partial charge in [0, 0.05) is 11.9 Å². The average Bonchev–Trinajstić information content (AvgIpc) is 2.39. The Morgan fingerprint density at radius 1 is 1.47 bits per heavy atom. The molecule has 0 aliphatic heterocycles. The molecule has 106 valence electrons. The molecule has 0 saturated heterocycles. The van der Waals surface area contributed by atoms with Gasteiger partial charge >= 0.3 is 0 Å². The Labute approximate surface area is 127 Å². The molecule has 0 bridgehead atoms. The Hall–Kier alpha value is -0.740. The predicted molar refractivity (Wildman–Crippen MR) is 82.3 cm³/mol. The first kappa shape index (κ1) is 16.3. The van der Waals surface area contributed by atoms with Gasteiger partial charge in [0.05, 0.1) is 10.6 Å². The standard InChI is InChI=1S/C14H19BrClNO2/c1-2-3-10(6-7-15)9-17-14(19)12-8-11(18)4-5-13(12)16/h4-5,8,10,18H,2-3,6-7,9H2,1H3,(H,17,19). The second-order valence-electron chi connectivity index (χ2n) is 4.51. The third kappa shape index (κ3) is 5.41. The quantitative estimate of drug-likeness (QED) is 0.732. The van der Waals surface area contributed by atoms with Crippen molar-refractivity contribution in [1.29, 1.82) is 0 Å². The number of alkyl halides is 1. The Balaban J connectivity index is 2.61. The summed E-state index contributed by atoms with van der Waals surface area (Å²) >= 11 is 9.38. The number of rotatable bonds is 7. The van der Waals surface area contributed by atoms with Crippen molar-refractivity contribution < 1.29 is 9.90 Å². The van der Waals surface area contributed by atoms with Gasteiger partial charge in [-0.15, -0.1) is 0 Å². The maximum atomic E-state index is 12.0. The predicted octanol–water partition coefficient (Wildman–Crippen LogP) is 3.98. The van der Waals surface area contributed by atoms with E-state index in [1.54, 1.807) is 0 Å². The van der Waals surface area contributed by atoms with Crippen LogP contribution in [0.3, 0.4) is 0 Å². The highest BCUT2D eigenvalue weighted by molar-refractivity contribution is 9.09. The molecule has 0 saturated carbocycles. The molecule has 1 rings (SSSR count). The van der Waals surface area contributed by atoms with Gasteiger partial charge < -0.3 is 10.4 Å². The van der Waals surface area contributed by atoms with Crippen LogP contribution in [0, 0.1) is 5.92 Å². The molecule has 0 aliphatic rings. The number of benzene rings is 1. The number of hydrogen-bond acceptors (Lipinski definition) is 2. The number of phenolic OH excluding ortho intramolecular Hbond substituents is 1. The fourth-order valence-corrected chi connectivity index (χ4v) is 2.78. The fourth-order valence-electron chi connectivity index (χ4n) is 1.93. The summed E-state index contributed by atoms with van der Waals surface area (Å²) in [7, 11) is 0. The Morgan fingerprint density at radius 2 is 2.21 bits per heavy atom. The highest BCUT2D eigenvalue weighted by Crippen LogP contribution is 2.21. The van der Waals surface area contributed by atoms with Crippen molar-refractivity contribution in [3.05, 3.63) is 28.8 Å². The van der Waals surface area contributed by atoms with E-state index in [-0.39, 0.29) is 11.7 Å². The van der Waals surface area contributed by atoms with Crippen molar-refractivity contribution in [3.8, 4) is 5.75 Å². The molecule has 19 heavy (non-hydrogen) atoms. The van der Waals surface area contributed by atoms with Gasteiger partial charge in [0.25, 0.3) is 5.91 Å². The van der Waals surface area contributed by atoms with Crippen molar-refractivity contribution in [2.24, 2.45) is 5.92 Å². The largest absolute Gasteiger partial charge is 0.508 e. The average molecular weight is 349 g/mol. The van der Waals surface area contributed by atoms with Crippen LogP contribution in [0.2, 0.25) is 5.02 Å². The highest BCUT2D eigenvalue weighted by atomic mass is 79.9. The normalized spacial score (nSPS) is 12.2. The van der Waals surface area contributed by atoms with Crippen molar-refractivity contribution in [2.75, 3.05) is 11.9 Å². The maximum absolute atomic E-state index is 12.0. The van der Waals surface area contributed by atoms with Gasteiger partial charge in [-0.1, -0.05) is 40.9 Å². The van der Waals surface area contributed by atoms with Gasteiger partial charge in [-0.2, -0.15) is 0 Å². The molecule has 0 aromatic heterocycles. The number of phenols is 1. The summed E-state index contributed by atoms with van der Waals surface area (Å²) in [6, 6.07) is 4.37. The number of hydrogen-bond donors (Lipinski definition) is 2. The molecule has 1 aromatic carbocycles. The van der Waals surface area contributed by atoms with Crippen molar-refractivity contribution in [1.82, 2.24) is 5.32 Å². The summed E-state index contributed by atoms with van der Waals surface area (Å²) in [5.74, 6) is 0.265. The van der Waals surface area contributed by atoms with Crippen molar-refractivity contribution in [3.63, 3.8) is 0 Å². The highest BCUT2D eigenvalue weighted by Gasteiger charge is 2.13. The minimum Gasteiger partial charge on any atom is -0.508 e. The summed E-state index contributed by atoms with van der Waals surface area (Å²) in [4.78, 5) is 12.0. The maximum Gasteiger partial charge on any atom is 0.252 e. The lowest BCUT2D eigenvalue weighted by Gasteiger charge is -2.16. The van der Waals surface area contributed by atoms with E-state index in [1.807, 2.05) is 0 Å². The molecular weight excluding hydrogens is 330 g/mol. The third-order valence-corrected chi connectivity index (χ3v) is 3.75. The first-order valence-corrected chi connectivity index (χ1v) is 7.91. The van der Waals surface area contributed by atoms with E-state index in [2.05, 4.69) is 28.2 Å². The van der Waals surface area contributed by atoms with Crippen LogP contribution >= 0.6 is 27.5 Å². The van der Waals surface area contributed by atoms with Crippen molar-refractivity contribution >= 4 is 33.4 Å². The van der Waals surface area contributed by atoms with Crippen LogP contribution in [0.4, 0.5) is 0 Å². The van der Waals surface area contributed by atoms with Gasteiger partial charge in [-0.3, -0.25) is 4.79 Å². The van der Waals surface area contributed by atoms with Gasteiger partial charge in [0.15, 0.2) is 0 Å². The zero-order valence-corrected chi connectivity index (χ0v) is 13.3. The summed E-state index contributed by atoms with van der Waals surface area (Å²) < 4.78 is 0. The zero-order valence-electron chi connectivity index (χ0n) is 11.0. The molecule has 1 amide bonds. The van der Waals surface area contributed by atoms with Gasteiger partial charge in [0.1, 0.15) is 5.75 Å². The third-order valence-electron chi connectivity index (χ3n) is 2.96. The summed E-state index contributed by atoms with van der Waals surface area (Å²) in [5, 5.41) is 13.5. The minimum absolute atomic E-state index is 0.0418. The first-order valence-electron chi connectivity index (χ1n) is 6.41. The van der Waals surface area contributed by atoms with Gasteiger partial charge in [-0.25, -0.2) is 0 Å². The van der Waals surface area contributed by atoms with Crippen LogP contribution in [-0.2, 0) is 0 Å². The molecule has 0 aliphatic carbocycles. The Kier molecular flexibility index (Phi) is 7.24. The van der Waals surface area contributed by atoms with Crippen LogP contribution in [-0.4, -0.2) is 22.9 Å². The molecule has 1 atom stereocenters. The van der Waals surface area contributed by atoms with E-state index < -0.39 is 0 Å². The number of aromatic hydroxyl groups is 1. The molecule has 0 heterocycles. The summed E-state index contributed by atoms with van der Waals surface area (Å²) in [6.45, 7) is 2.76. The monoisotopic (exact) mass is 347 g/mol. The van der Waals surface area contributed by atoms with E-state index in [0.29, 0.717) is 23.0 Å². The molecule has 0 radical (unpaired) electrons.